The molecule has 0 saturated carbocycles. The molecule has 2 aromatic heterocycles. The largest absolute Gasteiger partial charge is 0.352 e. The molecule has 0 spiro atoms. The summed E-state index contributed by atoms with van der Waals surface area (Å²) in [5.74, 6) is 0. The zero-order valence-corrected chi connectivity index (χ0v) is 8.17. The van der Waals surface area contributed by atoms with Crippen molar-refractivity contribution in [1.82, 2.24) is 10.3 Å². The zero-order valence-electron chi connectivity index (χ0n) is 7.36. The highest BCUT2D eigenvalue weighted by molar-refractivity contribution is 7.19. The van der Waals surface area contributed by atoms with Gasteiger partial charge in [-0.2, -0.15) is 0 Å². The van der Waals surface area contributed by atoms with Crippen molar-refractivity contribution in [2.45, 2.75) is 6.54 Å². The predicted octanol–water partition coefficient (Wildman–Crippen LogP) is 1.46. The summed E-state index contributed by atoms with van der Waals surface area (Å²) in [5.41, 5.74) is 4.98. The van der Waals surface area contributed by atoms with Crippen LogP contribution in [0.3, 0.4) is 0 Å². The fourth-order valence-corrected chi connectivity index (χ4v) is 2.17. The first-order valence-electron chi connectivity index (χ1n) is 4.11. The van der Waals surface area contributed by atoms with Crippen LogP contribution in [0.15, 0.2) is 24.5 Å². The Bertz CT molecular complexity index is 433. The maximum Gasteiger partial charge on any atom is 0.312 e. The van der Waals surface area contributed by atoms with Gasteiger partial charge >= 0.3 is 6.03 Å². The maximum absolute atomic E-state index is 10.5. The Morgan fingerprint density at radius 3 is 3.21 bits per heavy atom. The second-order valence-corrected chi connectivity index (χ2v) is 4.01. The first-order valence-corrected chi connectivity index (χ1v) is 4.93. The summed E-state index contributed by atoms with van der Waals surface area (Å²) in [6.45, 7) is 0.481. The van der Waals surface area contributed by atoms with Crippen LogP contribution < -0.4 is 11.1 Å². The first kappa shape index (κ1) is 8.96. The molecule has 2 aromatic rings. The number of nitrogens with one attached hydrogen (secondary N) is 1. The fourth-order valence-electron chi connectivity index (χ4n) is 1.20. The van der Waals surface area contributed by atoms with Crippen molar-refractivity contribution < 1.29 is 4.79 Å². The van der Waals surface area contributed by atoms with Gasteiger partial charge in [-0.3, -0.25) is 4.98 Å². The molecule has 2 rings (SSSR count). The number of hydrogen-bond acceptors (Lipinski definition) is 3. The molecule has 0 atom stereocenters. The van der Waals surface area contributed by atoms with Crippen LogP contribution in [-0.4, -0.2) is 11.0 Å². The molecule has 72 valence electrons. The second-order valence-electron chi connectivity index (χ2n) is 2.84. The third-order valence-corrected chi connectivity index (χ3v) is 2.90. The number of fused-ring (bicyclic) bond motifs is 1. The van der Waals surface area contributed by atoms with Gasteiger partial charge in [0.05, 0.1) is 11.2 Å². The average molecular weight is 207 g/mol. The summed E-state index contributed by atoms with van der Waals surface area (Å²) in [4.78, 5) is 15.6. The van der Waals surface area contributed by atoms with E-state index in [1.54, 1.807) is 17.5 Å². The van der Waals surface area contributed by atoms with Crippen LogP contribution in [0, 0.1) is 0 Å². The Kier molecular flexibility index (Phi) is 2.32. The van der Waals surface area contributed by atoms with E-state index in [-0.39, 0.29) is 0 Å². The number of rotatable bonds is 2. The van der Waals surface area contributed by atoms with Gasteiger partial charge in [0, 0.05) is 17.3 Å². The molecule has 0 aliphatic heterocycles. The Balaban J connectivity index is 2.22. The third kappa shape index (κ3) is 1.82. The molecule has 0 aliphatic carbocycles. The molecule has 0 radical (unpaired) electrons. The van der Waals surface area contributed by atoms with Crippen molar-refractivity contribution in [3.63, 3.8) is 0 Å². The lowest BCUT2D eigenvalue weighted by molar-refractivity contribution is 0.248. The summed E-state index contributed by atoms with van der Waals surface area (Å²) < 4.78 is 1.12. The number of carbonyl (C=O) groups excluding carboxylic acids is 1. The molecule has 14 heavy (non-hydrogen) atoms. The highest BCUT2D eigenvalue weighted by atomic mass is 32.1. The van der Waals surface area contributed by atoms with Gasteiger partial charge in [0.25, 0.3) is 0 Å². The predicted molar refractivity (Wildman–Crippen MR) is 56.0 cm³/mol. The van der Waals surface area contributed by atoms with E-state index in [9.17, 15) is 4.79 Å². The second kappa shape index (κ2) is 3.63. The lowest BCUT2D eigenvalue weighted by atomic mass is 10.3. The molecule has 3 N–H and O–H groups in total. The van der Waals surface area contributed by atoms with Crippen LogP contribution in [0.25, 0.3) is 10.1 Å². The molecule has 4 nitrogen and oxygen atoms in total. The van der Waals surface area contributed by atoms with E-state index >= 15 is 0 Å². The minimum Gasteiger partial charge on any atom is -0.352 e. The van der Waals surface area contributed by atoms with Crippen LogP contribution in [0.4, 0.5) is 4.79 Å². The number of amides is 2. The average Bonchev–Trinajstić information content (AvgIpc) is 2.57. The van der Waals surface area contributed by atoms with Gasteiger partial charge in [0.1, 0.15) is 0 Å². The molecule has 2 heterocycles. The van der Waals surface area contributed by atoms with Crippen LogP contribution in [-0.2, 0) is 6.54 Å². The standard InChI is InChI=1S/C9H9N3OS/c10-9(13)12-4-7-3-6-1-2-11-5-8(6)14-7/h1-3,5H,4H2,(H3,10,12,13). The van der Waals surface area contributed by atoms with E-state index < -0.39 is 6.03 Å². The number of hydrogen-bond donors (Lipinski definition) is 2. The number of aromatic nitrogens is 1. The third-order valence-electron chi connectivity index (χ3n) is 1.81. The van der Waals surface area contributed by atoms with E-state index in [1.165, 1.54) is 0 Å². The number of pyridine rings is 1. The van der Waals surface area contributed by atoms with Gasteiger partial charge in [-0.25, -0.2) is 4.79 Å². The van der Waals surface area contributed by atoms with Crippen molar-refractivity contribution in [3.05, 3.63) is 29.4 Å². The highest BCUT2D eigenvalue weighted by Gasteiger charge is 2.01. The topological polar surface area (TPSA) is 68.0 Å². The molecule has 0 aliphatic rings. The SMILES string of the molecule is NC(=O)NCc1cc2ccncc2s1. The van der Waals surface area contributed by atoms with E-state index in [4.69, 9.17) is 5.73 Å². The van der Waals surface area contributed by atoms with E-state index in [2.05, 4.69) is 10.3 Å². The Morgan fingerprint density at radius 2 is 2.50 bits per heavy atom. The summed E-state index contributed by atoms with van der Waals surface area (Å²) in [7, 11) is 0. The lowest BCUT2D eigenvalue weighted by Crippen LogP contribution is -2.28. The Hall–Kier alpha value is -1.62. The monoisotopic (exact) mass is 207 g/mol. The maximum atomic E-state index is 10.5. The molecular weight excluding hydrogens is 198 g/mol. The van der Waals surface area contributed by atoms with Crippen LogP contribution in [0.2, 0.25) is 0 Å². The van der Waals surface area contributed by atoms with Crippen LogP contribution in [0.1, 0.15) is 4.88 Å². The normalized spacial score (nSPS) is 10.3. The molecular formula is C9H9N3OS. The van der Waals surface area contributed by atoms with Gasteiger partial charge in [-0.1, -0.05) is 0 Å². The van der Waals surface area contributed by atoms with E-state index in [0.29, 0.717) is 6.54 Å². The summed E-state index contributed by atoms with van der Waals surface area (Å²) in [6.07, 6.45) is 3.56. The van der Waals surface area contributed by atoms with Crippen molar-refractivity contribution in [1.29, 1.82) is 0 Å². The van der Waals surface area contributed by atoms with Crippen LogP contribution in [0.5, 0.6) is 0 Å². The number of urea groups is 1. The molecule has 0 bridgehead atoms. The van der Waals surface area contributed by atoms with Gasteiger partial charge in [-0.05, 0) is 17.5 Å². The molecule has 2 amide bonds. The number of nitrogens with two attached hydrogens (primary N) is 1. The summed E-state index contributed by atoms with van der Waals surface area (Å²) >= 11 is 1.61. The Morgan fingerprint density at radius 1 is 1.64 bits per heavy atom. The van der Waals surface area contributed by atoms with Crippen molar-refractivity contribution in [3.8, 4) is 0 Å². The minimum absolute atomic E-state index is 0.481. The molecule has 0 unspecified atom stereocenters. The zero-order chi connectivity index (χ0) is 9.97. The minimum atomic E-state index is -0.499. The van der Waals surface area contributed by atoms with E-state index in [1.807, 2.05) is 18.3 Å². The quantitative estimate of drug-likeness (QED) is 0.782. The Labute approximate surface area is 84.8 Å². The van der Waals surface area contributed by atoms with Crippen molar-refractivity contribution >= 4 is 27.5 Å². The molecule has 0 aromatic carbocycles. The summed E-state index contributed by atoms with van der Waals surface area (Å²) in [5, 5.41) is 3.70. The van der Waals surface area contributed by atoms with Gasteiger partial charge in [-0.15, -0.1) is 11.3 Å². The lowest BCUT2D eigenvalue weighted by Gasteiger charge is -1.95. The number of carbonyl (C=O) groups is 1. The van der Waals surface area contributed by atoms with Crippen molar-refractivity contribution in [2.75, 3.05) is 0 Å². The van der Waals surface area contributed by atoms with Crippen LogP contribution >= 0.6 is 11.3 Å². The number of primary amides is 1. The van der Waals surface area contributed by atoms with Gasteiger partial charge in [0.2, 0.25) is 0 Å². The van der Waals surface area contributed by atoms with E-state index in [0.717, 1.165) is 15.0 Å². The van der Waals surface area contributed by atoms with Gasteiger partial charge in [0.15, 0.2) is 0 Å². The van der Waals surface area contributed by atoms with Gasteiger partial charge < -0.3 is 11.1 Å². The molecule has 0 fully saturated rings. The number of nitrogens with zero attached hydrogens (tertiary/aromatic N) is 1. The smallest absolute Gasteiger partial charge is 0.312 e. The fraction of sp³-hybridized carbons (Fsp3) is 0.111. The summed E-state index contributed by atoms with van der Waals surface area (Å²) in [6, 6.07) is 3.47. The molecule has 5 heteroatoms. The first-order chi connectivity index (χ1) is 6.75. The highest BCUT2D eigenvalue weighted by Crippen LogP contribution is 2.23. The molecule has 0 saturated heterocycles. The van der Waals surface area contributed by atoms with Crippen molar-refractivity contribution in [2.24, 2.45) is 5.73 Å². The number of thiophene rings is 1.